The van der Waals surface area contributed by atoms with Gasteiger partial charge in [-0.15, -0.1) is 0 Å². The molecule has 0 aliphatic heterocycles. The molecule has 0 saturated heterocycles. The van der Waals surface area contributed by atoms with Gasteiger partial charge in [0, 0.05) is 5.92 Å². The van der Waals surface area contributed by atoms with Crippen molar-refractivity contribution in [2.75, 3.05) is 5.33 Å². The van der Waals surface area contributed by atoms with Gasteiger partial charge in [-0.2, -0.15) is 0 Å². The highest BCUT2D eigenvalue weighted by atomic mass is 79.9. The van der Waals surface area contributed by atoms with Crippen LogP contribution in [0.2, 0.25) is 0 Å². The average molecular weight is 217 g/mol. The topological polar surface area (TPSA) is 17.1 Å². The second-order valence-corrected chi connectivity index (χ2v) is 4.44. The molecule has 11 heavy (non-hydrogen) atoms. The zero-order valence-electron chi connectivity index (χ0n) is 6.55. The molecule has 2 rings (SSSR count). The Kier molecular flexibility index (Phi) is 2.04. The van der Waals surface area contributed by atoms with Gasteiger partial charge in [0.2, 0.25) is 0 Å². The standard InChI is InChI=1S/C9H13BrO/c10-5-9(11)8-4-6-1-2-7(8)3-6/h6-8H,1-5H2. The quantitative estimate of drug-likeness (QED) is 0.649. The minimum absolute atomic E-state index is 0.424. The van der Waals surface area contributed by atoms with E-state index in [2.05, 4.69) is 15.9 Å². The third-order valence-electron chi connectivity index (χ3n) is 3.28. The zero-order chi connectivity index (χ0) is 7.84. The Morgan fingerprint density at radius 2 is 2.18 bits per heavy atom. The fraction of sp³-hybridized carbons (Fsp3) is 0.889. The first-order valence-corrected chi connectivity index (χ1v) is 5.52. The van der Waals surface area contributed by atoms with E-state index in [1.807, 2.05) is 0 Å². The first-order valence-electron chi connectivity index (χ1n) is 4.40. The third-order valence-corrected chi connectivity index (χ3v) is 3.84. The van der Waals surface area contributed by atoms with E-state index in [9.17, 15) is 4.79 Å². The van der Waals surface area contributed by atoms with Gasteiger partial charge in [-0.25, -0.2) is 0 Å². The molecule has 0 aromatic carbocycles. The van der Waals surface area contributed by atoms with Crippen LogP contribution < -0.4 is 0 Å². The van der Waals surface area contributed by atoms with Gasteiger partial charge >= 0.3 is 0 Å². The largest absolute Gasteiger partial charge is 0.298 e. The predicted octanol–water partition coefficient (Wildman–Crippen LogP) is 2.39. The number of ketones is 1. The van der Waals surface area contributed by atoms with Crippen LogP contribution in [0.3, 0.4) is 0 Å². The van der Waals surface area contributed by atoms with Gasteiger partial charge in [0.05, 0.1) is 5.33 Å². The van der Waals surface area contributed by atoms with Crippen molar-refractivity contribution in [3.8, 4) is 0 Å². The van der Waals surface area contributed by atoms with Crippen molar-refractivity contribution in [2.45, 2.75) is 25.7 Å². The summed E-state index contributed by atoms with van der Waals surface area (Å²) >= 11 is 3.25. The minimum Gasteiger partial charge on any atom is -0.298 e. The van der Waals surface area contributed by atoms with Crippen LogP contribution in [0.25, 0.3) is 0 Å². The minimum atomic E-state index is 0.424. The Morgan fingerprint density at radius 1 is 1.36 bits per heavy atom. The molecule has 0 spiro atoms. The summed E-state index contributed by atoms with van der Waals surface area (Å²) in [7, 11) is 0. The van der Waals surface area contributed by atoms with Crippen molar-refractivity contribution >= 4 is 21.7 Å². The molecule has 0 radical (unpaired) electrons. The lowest BCUT2D eigenvalue weighted by atomic mass is 9.86. The van der Waals surface area contributed by atoms with Crippen molar-refractivity contribution in [3.05, 3.63) is 0 Å². The molecule has 2 heteroatoms. The second-order valence-electron chi connectivity index (χ2n) is 3.88. The van der Waals surface area contributed by atoms with Crippen LogP contribution in [0, 0.1) is 17.8 Å². The highest BCUT2D eigenvalue weighted by Gasteiger charge is 2.42. The normalized spacial score (nSPS) is 41.4. The maximum atomic E-state index is 11.4. The number of alkyl halides is 1. The van der Waals surface area contributed by atoms with Gasteiger partial charge in [0.15, 0.2) is 0 Å². The van der Waals surface area contributed by atoms with E-state index in [0.29, 0.717) is 17.0 Å². The molecule has 0 amide bonds. The fourth-order valence-corrected chi connectivity index (χ4v) is 3.15. The molecule has 0 aromatic rings. The molecule has 2 fully saturated rings. The molecule has 0 N–H and O–H groups in total. The number of carbonyl (C=O) groups excluding carboxylic acids is 1. The lowest BCUT2D eigenvalue weighted by Crippen LogP contribution is -2.21. The number of hydrogen-bond acceptors (Lipinski definition) is 1. The lowest BCUT2D eigenvalue weighted by Gasteiger charge is -2.18. The van der Waals surface area contributed by atoms with Crippen LogP contribution in [-0.2, 0) is 4.79 Å². The highest BCUT2D eigenvalue weighted by Crippen LogP contribution is 2.48. The van der Waals surface area contributed by atoms with Crippen LogP contribution >= 0.6 is 15.9 Å². The molecule has 1 nitrogen and oxygen atoms in total. The molecule has 2 saturated carbocycles. The van der Waals surface area contributed by atoms with Gasteiger partial charge in [0.25, 0.3) is 0 Å². The van der Waals surface area contributed by atoms with Crippen LogP contribution in [0.1, 0.15) is 25.7 Å². The van der Waals surface area contributed by atoms with Crippen molar-refractivity contribution in [3.63, 3.8) is 0 Å². The van der Waals surface area contributed by atoms with Crippen LogP contribution in [-0.4, -0.2) is 11.1 Å². The number of halogens is 1. The molecule has 0 heterocycles. The van der Waals surface area contributed by atoms with Gasteiger partial charge in [-0.05, 0) is 31.1 Å². The molecule has 3 atom stereocenters. The van der Waals surface area contributed by atoms with Crippen LogP contribution in [0.15, 0.2) is 0 Å². The third kappa shape index (κ3) is 1.26. The van der Waals surface area contributed by atoms with Gasteiger partial charge < -0.3 is 0 Å². The van der Waals surface area contributed by atoms with E-state index >= 15 is 0 Å². The number of rotatable bonds is 2. The monoisotopic (exact) mass is 216 g/mol. The fourth-order valence-electron chi connectivity index (χ4n) is 2.74. The van der Waals surface area contributed by atoms with E-state index in [1.165, 1.54) is 25.7 Å². The molecule has 2 aliphatic carbocycles. The number of fused-ring (bicyclic) bond motifs is 2. The molecule has 2 aliphatic rings. The maximum Gasteiger partial charge on any atom is 0.146 e. The summed E-state index contributed by atoms with van der Waals surface area (Å²) in [4.78, 5) is 11.4. The van der Waals surface area contributed by atoms with Crippen molar-refractivity contribution in [1.82, 2.24) is 0 Å². The van der Waals surface area contributed by atoms with Crippen LogP contribution in [0.5, 0.6) is 0 Å². The first-order chi connectivity index (χ1) is 5.31. The Balaban J connectivity index is 2.02. The second kappa shape index (κ2) is 2.89. The van der Waals surface area contributed by atoms with E-state index < -0.39 is 0 Å². The molecule has 62 valence electrons. The molecular weight excluding hydrogens is 204 g/mol. The smallest absolute Gasteiger partial charge is 0.146 e. The van der Waals surface area contributed by atoms with Crippen molar-refractivity contribution < 1.29 is 4.79 Å². The Hall–Kier alpha value is 0.150. The zero-order valence-corrected chi connectivity index (χ0v) is 8.14. The predicted molar refractivity (Wildman–Crippen MR) is 47.7 cm³/mol. The van der Waals surface area contributed by atoms with Crippen molar-refractivity contribution in [1.29, 1.82) is 0 Å². The van der Waals surface area contributed by atoms with Gasteiger partial charge in [0.1, 0.15) is 5.78 Å². The summed E-state index contributed by atoms with van der Waals surface area (Å²) in [6, 6.07) is 0. The summed E-state index contributed by atoms with van der Waals surface area (Å²) in [5.74, 6) is 2.52. The number of carbonyl (C=O) groups is 1. The Morgan fingerprint density at radius 3 is 2.64 bits per heavy atom. The van der Waals surface area contributed by atoms with E-state index in [4.69, 9.17) is 0 Å². The van der Waals surface area contributed by atoms with E-state index in [0.717, 1.165) is 11.8 Å². The lowest BCUT2D eigenvalue weighted by molar-refractivity contribution is -0.121. The van der Waals surface area contributed by atoms with Crippen molar-refractivity contribution in [2.24, 2.45) is 17.8 Å². The summed E-state index contributed by atoms with van der Waals surface area (Å²) in [5.41, 5.74) is 0. The average Bonchev–Trinajstić information content (AvgIpc) is 2.62. The summed E-state index contributed by atoms with van der Waals surface area (Å²) in [6.07, 6.45) is 5.23. The first kappa shape index (κ1) is 7.78. The Bertz CT molecular complexity index is 178. The van der Waals surface area contributed by atoms with E-state index in [-0.39, 0.29) is 0 Å². The van der Waals surface area contributed by atoms with Gasteiger partial charge in [-0.1, -0.05) is 22.4 Å². The molecule has 2 bridgehead atoms. The molecule has 3 unspecified atom stereocenters. The van der Waals surface area contributed by atoms with Gasteiger partial charge in [-0.3, -0.25) is 4.79 Å². The number of Topliss-reactive ketones (excluding diaryl/α,β-unsaturated/α-hetero) is 1. The Labute approximate surface area is 75.7 Å². The summed E-state index contributed by atoms with van der Waals surface area (Å²) < 4.78 is 0. The number of hydrogen-bond donors (Lipinski definition) is 0. The highest BCUT2D eigenvalue weighted by molar-refractivity contribution is 9.09. The SMILES string of the molecule is O=C(CBr)C1CC2CCC1C2. The molecule has 0 aromatic heterocycles. The summed E-state index contributed by atoms with van der Waals surface area (Å²) in [5, 5.41) is 0.570. The maximum absolute atomic E-state index is 11.4. The summed E-state index contributed by atoms with van der Waals surface area (Å²) in [6.45, 7) is 0. The van der Waals surface area contributed by atoms with E-state index in [1.54, 1.807) is 0 Å². The van der Waals surface area contributed by atoms with Crippen LogP contribution in [0.4, 0.5) is 0 Å². The molecular formula is C9H13BrO.